The van der Waals surface area contributed by atoms with E-state index in [-0.39, 0.29) is 17.8 Å². The number of aromatic hydroxyl groups is 1. The van der Waals surface area contributed by atoms with E-state index in [4.69, 9.17) is 5.73 Å². The molecule has 0 aliphatic carbocycles. The molecule has 0 spiro atoms. The van der Waals surface area contributed by atoms with Crippen molar-refractivity contribution >= 4 is 34.7 Å². The smallest absolute Gasteiger partial charge is 0.305 e. The molecule has 0 bridgehead atoms. The number of imidazole rings is 1. The summed E-state index contributed by atoms with van der Waals surface area (Å²) < 4.78 is 6.21. The first-order valence-electron chi connectivity index (χ1n) is 8.04. The van der Waals surface area contributed by atoms with Gasteiger partial charge in [-0.15, -0.1) is 0 Å². The zero-order chi connectivity index (χ0) is 18.5. The number of carbonyl (C=O) groups is 1. The van der Waals surface area contributed by atoms with Crippen LogP contribution in [0, 0.1) is 0 Å². The van der Waals surface area contributed by atoms with Gasteiger partial charge < -0.3 is 15.6 Å². The maximum atomic E-state index is 11.2. The van der Waals surface area contributed by atoms with Crippen LogP contribution in [0.15, 0.2) is 35.5 Å². The normalized spacial score (nSPS) is 11.0. The number of anilines is 1. The fraction of sp³-hybridized carbons (Fsp3) is 0.294. The number of ether oxygens (including phenoxy) is 1. The summed E-state index contributed by atoms with van der Waals surface area (Å²) >= 11 is 1.39. The molecule has 0 atom stereocenters. The minimum Gasteiger partial charge on any atom is -0.480 e. The van der Waals surface area contributed by atoms with Gasteiger partial charge in [-0.1, -0.05) is 42.1 Å². The van der Waals surface area contributed by atoms with Crippen molar-refractivity contribution in [2.45, 2.75) is 24.5 Å². The van der Waals surface area contributed by atoms with Gasteiger partial charge in [0, 0.05) is 12.2 Å². The van der Waals surface area contributed by atoms with Gasteiger partial charge in [-0.3, -0.25) is 9.36 Å². The predicted octanol–water partition coefficient (Wildman–Crippen LogP) is 2.21. The van der Waals surface area contributed by atoms with Gasteiger partial charge >= 0.3 is 5.97 Å². The van der Waals surface area contributed by atoms with Crippen LogP contribution in [0.25, 0.3) is 11.2 Å². The Morgan fingerprint density at radius 3 is 2.77 bits per heavy atom. The quantitative estimate of drug-likeness (QED) is 0.280. The molecule has 0 aliphatic rings. The van der Waals surface area contributed by atoms with Gasteiger partial charge in [0.15, 0.2) is 22.1 Å². The van der Waals surface area contributed by atoms with E-state index >= 15 is 0 Å². The molecule has 0 radical (unpaired) electrons. The fourth-order valence-electron chi connectivity index (χ4n) is 2.45. The number of carbonyl (C=O) groups excluding carboxylic acids is 1. The van der Waals surface area contributed by atoms with E-state index in [0.29, 0.717) is 41.5 Å². The molecule has 9 heteroatoms. The van der Waals surface area contributed by atoms with E-state index < -0.39 is 0 Å². The Kier molecular flexibility index (Phi) is 5.57. The molecule has 0 unspecified atom stereocenters. The number of thioether (sulfide) groups is 1. The van der Waals surface area contributed by atoms with E-state index in [1.54, 1.807) is 4.57 Å². The molecule has 8 nitrogen and oxygen atoms in total. The average Bonchev–Trinajstić information content (AvgIpc) is 2.96. The lowest BCUT2D eigenvalue weighted by atomic mass is 10.2. The molecule has 26 heavy (non-hydrogen) atoms. The molecule has 3 rings (SSSR count). The van der Waals surface area contributed by atoms with Crippen molar-refractivity contribution in [1.29, 1.82) is 0 Å². The van der Waals surface area contributed by atoms with Gasteiger partial charge in [-0.05, 0) is 12.0 Å². The maximum Gasteiger partial charge on any atom is 0.305 e. The third-order valence-electron chi connectivity index (χ3n) is 3.75. The number of hydrogen-bond acceptors (Lipinski definition) is 8. The third kappa shape index (κ3) is 4.05. The minimum atomic E-state index is -0.243. The number of benzene rings is 1. The summed E-state index contributed by atoms with van der Waals surface area (Å²) in [5.74, 6) is 0.624. The summed E-state index contributed by atoms with van der Waals surface area (Å²) in [6.45, 7) is 0.423. The van der Waals surface area contributed by atoms with Crippen LogP contribution in [0.2, 0.25) is 0 Å². The van der Waals surface area contributed by atoms with Gasteiger partial charge in [0.25, 0.3) is 6.01 Å². The maximum absolute atomic E-state index is 11.2. The number of nitrogen functional groups attached to an aromatic ring is 1. The number of methoxy groups -OCH3 is 1. The second-order valence-corrected chi connectivity index (χ2v) is 6.64. The minimum absolute atomic E-state index is 0.155. The summed E-state index contributed by atoms with van der Waals surface area (Å²) in [6.07, 6.45) is 0.987. The van der Waals surface area contributed by atoms with Crippen molar-refractivity contribution in [3.63, 3.8) is 0 Å². The topological polar surface area (TPSA) is 116 Å². The van der Waals surface area contributed by atoms with E-state index in [9.17, 15) is 9.90 Å². The van der Waals surface area contributed by atoms with Gasteiger partial charge in [-0.25, -0.2) is 9.97 Å². The van der Waals surface area contributed by atoms with Crippen molar-refractivity contribution in [1.82, 2.24) is 19.5 Å². The number of esters is 1. The molecule has 0 aliphatic heterocycles. The van der Waals surface area contributed by atoms with E-state index in [1.165, 1.54) is 18.9 Å². The number of aromatic nitrogens is 4. The first kappa shape index (κ1) is 18.0. The van der Waals surface area contributed by atoms with Crippen LogP contribution in [-0.4, -0.2) is 43.5 Å². The van der Waals surface area contributed by atoms with Gasteiger partial charge in [0.05, 0.1) is 13.7 Å². The van der Waals surface area contributed by atoms with Crippen LogP contribution in [0.4, 0.5) is 5.82 Å². The molecule has 0 saturated heterocycles. The summed E-state index contributed by atoms with van der Waals surface area (Å²) in [5, 5.41) is 10.7. The van der Waals surface area contributed by atoms with Crippen LogP contribution in [-0.2, 0) is 16.1 Å². The molecule has 0 amide bonds. The van der Waals surface area contributed by atoms with Crippen molar-refractivity contribution in [2.24, 2.45) is 0 Å². The van der Waals surface area contributed by atoms with E-state index in [2.05, 4.69) is 19.7 Å². The van der Waals surface area contributed by atoms with Gasteiger partial charge in [-0.2, -0.15) is 4.98 Å². The molecular weight excluding hydrogens is 354 g/mol. The number of fused-ring (bicyclic) bond motifs is 1. The molecule has 3 aromatic rings. The fourth-order valence-corrected chi connectivity index (χ4v) is 3.23. The Hall–Kier alpha value is -2.81. The molecule has 0 fully saturated rings. The average molecular weight is 373 g/mol. The number of rotatable bonds is 7. The van der Waals surface area contributed by atoms with E-state index in [0.717, 1.165) is 5.56 Å². The van der Waals surface area contributed by atoms with Gasteiger partial charge in [0.1, 0.15) is 0 Å². The lowest BCUT2D eigenvalue weighted by Gasteiger charge is -2.06. The summed E-state index contributed by atoms with van der Waals surface area (Å²) in [5.41, 5.74) is 7.84. The highest BCUT2D eigenvalue weighted by atomic mass is 32.2. The van der Waals surface area contributed by atoms with Crippen molar-refractivity contribution in [3.8, 4) is 6.01 Å². The lowest BCUT2D eigenvalue weighted by molar-refractivity contribution is -0.140. The highest BCUT2D eigenvalue weighted by Crippen LogP contribution is 2.27. The molecule has 136 valence electrons. The Bertz CT molecular complexity index is 914. The molecular formula is C17H19N5O3S. The number of nitrogens with two attached hydrogens (primary N) is 1. The predicted molar refractivity (Wildman–Crippen MR) is 98.9 cm³/mol. The van der Waals surface area contributed by atoms with Crippen molar-refractivity contribution < 1.29 is 14.6 Å². The Morgan fingerprint density at radius 1 is 1.27 bits per heavy atom. The number of hydrogen-bond donors (Lipinski definition) is 2. The standard InChI is InChI=1S/C17H19N5O3S/c1-25-12(23)8-5-9-26-16-20-14(18)13-15(21-16)22(17(24)19-13)10-11-6-3-2-4-7-11/h2-4,6-7H,5,8-10H2,1H3,(H,19,24)(H2,18,20,21). The summed E-state index contributed by atoms with van der Waals surface area (Å²) in [4.78, 5) is 23.9. The Balaban J connectivity index is 1.81. The molecule has 2 heterocycles. The van der Waals surface area contributed by atoms with Crippen molar-refractivity contribution in [2.75, 3.05) is 18.6 Å². The second kappa shape index (κ2) is 8.05. The molecule has 1 aromatic carbocycles. The Labute approximate surface area is 154 Å². The second-order valence-electron chi connectivity index (χ2n) is 5.58. The third-order valence-corrected chi connectivity index (χ3v) is 4.68. The van der Waals surface area contributed by atoms with Crippen LogP contribution in [0.1, 0.15) is 18.4 Å². The summed E-state index contributed by atoms with van der Waals surface area (Å²) in [7, 11) is 1.37. The highest BCUT2D eigenvalue weighted by molar-refractivity contribution is 7.99. The zero-order valence-corrected chi connectivity index (χ0v) is 15.1. The number of nitrogens with zero attached hydrogens (tertiary/aromatic N) is 4. The van der Waals surface area contributed by atoms with Crippen molar-refractivity contribution in [3.05, 3.63) is 35.9 Å². The highest BCUT2D eigenvalue weighted by Gasteiger charge is 2.16. The molecule has 0 saturated carbocycles. The first-order chi connectivity index (χ1) is 12.6. The van der Waals surface area contributed by atoms with Crippen LogP contribution < -0.4 is 5.73 Å². The van der Waals surface area contributed by atoms with Gasteiger partial charge in [0.2, 0.25) is 0 Å². The SMILES string of the molecule is COC(=O)CCCSc1nc(N)c2nc(O)n(Cc3ccccc3)c2n1. The van der Waals surface area contributed by atoms with Crippen LogP contribution in [0.5, 0.6) is 6.01 Å². The zero-order valence-electron chi connectivity index (χ0n) is 14.3. The molecule has 2 aromatic heterocycles. The monoisotopic (exact) mass is 373 g/mol. The van der Waals surface area contributed by atoms with Crippen LogP contribution >= 0.6 is 11.8 Å². The lowest BCUT2D eigenvalue weighted by Crippen LogP contribution is -2.03. The summed E-state index contributed by atoms with van der Waals surface area (Å²) in [6, 6.07) is 9.54. The first-order valence-corrected chi connectivity index (χ1v) is 9.03. The van der Waals surface area contributed by atoms with E-state index in [1.807, 2.05) is 30.3 Å². The largest absolute Gasteiger partial charge is 0.480 e. The molecule has 3 N–H and O–H groups in total. The van der Waals surface area contributed by atoms with Crippen LogP contribution in [0.3, 0.4) is 0 Å². The Morgan fingerprint density at radius 2 is 2.04 bits per heavy atom.